The first-order valence-corrected chi connectivity index (χ1v) is 9.69. The summed E-state index contributed by atoms with van der Waals surface area (Å²) in [7, 11) is 2.90. The minimum Gasteiger partial charge on any atom is -0.496 e. The molecule has 7 nitrogen and oxygen atoms in total. The maximum Gasteiger partial charge on any atom is 0.339 e. The molecule has 0 spiro atoms. The third-order valence-electron chi connectivity index (χ3n) is 4.46. The Kier molecular flexibility index (Phi) is 6.33. The Morgan fingerprint density at radius 1 is 1.07 bits per heavy atom. The van der Waals surface area contributed by atoms with Crippen LogP contribution in [0.5, 0.6) is 5.75 Å². The summed E-state index contributed by atoms with van der Waals surface area (Å²) in [5.74, 6) is -1.22. The molecule has 1 heterocycles. The highest BCUT2D eigenvalue weighted by Crippen LogP contribution is 2.33. The number of likely N-dealkylation sites (tertiary alicyclic amines) is 1. The van der Waals surface area contributed by atoms with Crippen LogP contribution in [0, 0.1) is 0 Å². The Morgan fingerprint density at radius 2 is 1.72 bits per heavy atom. The second-order valence-corrected chi connectivity index (χ2v) is 7.54. The molecule has 2 aromatic carbocycles. The normalized spacial score (nSPS) is 16.1. The van der Waals surface area contributed by atoms with Crippen LogP contribution in [0.3, 0.4) is 0 Å². The average molecular weight is 413 g/mol. The monoisotopic (exact) mass is 413 g/mol. The van der Waals surface area contributed by atoms with E-state index in [1.165, 1.54) is 14.2 Å². The Bertz CT molecular complexity index is 973. The highest BCUT2D eigenvalue weighted by molar-refractivity contribution is 8.00. The molecule has 0 saturated carbocycles. The number of imide groups is 1. The maximum atomic E-state index is 12.6. The second kappa shape index (κ2) is 8.91. The van der Waals surface area contributed by atoms with Crippen LogP contribution in [0.2, 0.25) is 0 Å². The number of rotatable bonds is 7. The maximum absolute atomic E-state index is 12.6. The van der Waals surface area contributed by atoms with E-state index >= 15 is 0 Å². The molecule has 2 aromatic rings. The molecular formula is C21H19NO6S. The number of methoxy groups -OCH3 is 1. The number of esters is 1. The van der Waals surface area contributed by atoms with Gasteiger partial charge in [-0.2, -0.15) is 0 Å². The molecule has 29 heavy (non-hydrogen) atoms. The number of hydrogen-bond donors (Lipinski definition) is 0. The van der Waals surface area contributed by atoms with E-state index in [9.17, 15) is 19.2 Å². The highest BCUT2D eigenvalue weighted by Gasteiger charge is 2.37. The molecule has 0 radical (unpaired) electrons. The molecule has 0 N–H and O–H groups in total. The van der Waals surface area contributed by atoms with E-state index in [0.29, 0.717) is 16.2 Å². The van der Waals surface area contributed by atoms with Crippen molar-refractivity contribution in [3.8, 4) is 5.75 Å². The van der Waals surface area contributed by atoms with E-state index in [1.807, 2.05) is 0 Å². The van der Waals surface area contributed by atoms with Crippen molar-refractivity contribution >= 4 is 35.3 Å². The third-order valence-corrected chi connectivity index (χ3v) is 5.72. The Labute approximate surface area is 172 Å². The zero-order valence-corrected chi connectivity index (χ0v) is 16.7. The average Bonchev–Trinajstić information content (AvgIpc) is 2.98. The molecule has 2 amide bonds. The number of Topliss-reactive ketones (excluding diaryl/α,β-unsaturated/α-hetero) is 1. The van der Waals surface area contributed by atoms with Gasteiger partial charge in [-0.25, -0.2) is 4.79 Å². The lowest BCUT2D eigenvalue weighted by Gasteiger charge is -2.12. The van der Waals surface area contributed by atoms with Crippen molar-refractivity contribution in [2.24, 2.45) is 0 Å². The summed E-state index contributed by atoms with van der Waals surface area (Å²) in [4.78, 5) is 50.4. The molecule has 0 aromatic heterocycles. The van der Waals surface area contributed by atoms with E-state index in [4.69, 9.17) is 9.47 Å². The van der Waals surface area contributed by atoms with Crippen molar-refractivity contribution < 1.29 is 28.7 Å². The predicted octanol–water partition coefficient (Wildman–Crippen LogP) is 2.58. The first-order valence-electron chi connectivity index (χ1n) is 8.81. The van der Waals surface area contributed by atoms with E-state index in [2.05, 4.69) is 0 Å². The van der Waals surface area contributed by atoms with E-state index < -0.39 is 17.8 Å². The van der Waals surface area contributed by atoms with Crippen molar-refractivity contribution in [2.75, 3.05) is 20.8 Å². The summed E-state index contributed by atoms with van der Waals surface area (Å²) >= 11 is 1.14. The minimum atomic E-state index is -0.679. The van der Waals surface area contributed by atoms with Crippen LogP contribution in [0.25, 0.3) is 0 Å². The molecule has 1 unspecified atom stereocenters. The molecule has 0 aliphatic carbocycles. The molecule has 1 aliphatic heterocycles. The molecule has 3 rings (SSSR count). The van der Waals surface area contributed by atoms with Gasteiger partial charge in [-0.05, 0) is 24.3 Å². The molecule has 1 aliphatic rings. The number of hydrogen-bond acceptors (Lipinski definition) is 7. The largest absolute Gasteiger partial charge is 0.496 e. The number of carbonyl (C=O) groups excluding carboxylic acids is 4. The quantitative estimate of drug-likeness (QED) is 0.391. The van der Waals surface area contributed by atoms with Gasteiger partial charge in [0.2, 0.25) is 17.6 Å². The van der Waals surface area contributed by atoms with Gasteiger partial charge in [0, 0.05) is 18.4 Å². The first-order chi connectivity index (χ1) is 13.9. The van der Waals surface area contributed by atoms with E-state index in [1.54, 1.807) is 48.5 Å². The molecule has 1 saturated heterocycles. The number of para-hydroxylation sites is 1. The standard InChI is InChI=1S/C21H19NO6S/c1-22-19(24)11-18(20(22)25)29-17-10-6-4-8-14(17)21(26)28-12-15(23)13-7-3-5-9-16(13)27-2/h3-10,18H,11-12H2,1-2H3. The van der Waals surface area contributed by atoms with Crippen molar-refractivity contribution in [3.63, 3.8) is 0 Å². The van der Waals surface area contributed by atoms with Crippen LogP contribution in [-0.2, 0) is 14.3 Å². The van der Waals surface area contributed by atoms with Crippen molar-refractivity contribution in [3.05, 3.63) is 59.7 Å². The Balaban J connectivity index is 1.70. The lowest BCUT2D eigenvalue weighted by Crippen LogP contribution is -2.26. The van der Waals surface area contributed by atoms with Crippen LogP contribution >= 0.6 is 11.8 Å². The van der Waals surface area contributed by atoms with Crippen molar-refractivity contribution in [2.45, 2.75) is 16.6 Å². The Morgan fingerprint density at radius 3 is 2.38 bits per heavy atom. The van der Waals surface area contributed by atoms with Gasteiger partial charge in [-0.15, -0.1) is 11.8 Å². The molecule has 0 bridgehead atoms. The number of amides is 2. The van der Waals surface area contributed by atoms with Crippen molar-refractivity contribution in [1.82, 2.24) is 4.90 Å². The number of nitrogens with zero attached hydrogens (tertiary/aromatic N) is 1. The van der Waals surface area contributed by atoms with Crippen LogP contribution in [0.1, 0.15) is 27.1 Å². The van der Waals surface area contributed by atoms with Gasteiger partial charge in [-0.1, -0.05) is 24.3 Å². The third kappa shape index (κ3) is 4.48. The molecule has 1 fully saturated rings. The van der Waals surface area contributed by atoms with Crippen LogP contribution < -0.4 is 4.74 Å². The number of carbonyl (C=O) groups is 4. The van der Waals surface area contributed by atoms with Crippen molar-refractivity contribution in [1.29, 1.82) is 0 Å². The fourth-order valence-electron chi connectivity index (χ4n) is 2.87. The van der Waals surface area contributed by atoms with Crippen LogP contribution in [-0.4, -0.2) is 54.5 Å². The zero-order valence-electron chi connectivity index (χ0n) is 15.9. The van der Waals surface area contributed by atoms with Crippen LogP contribution in [0.15, 0.2) is 53.4 Å². The molecular weight excluding hydrogens is 394 g/mol. The fraction of sp³-hybridized carbons (Fsp3) is 0.238. The van der Waals surface area contributed by atoms with Gasteiger partial charge in [0.1, 0.15) is 5.75 Å². The topological polar surface area (TPSA) is 90.0 Å². The SMILES string of the molecule is COc1ccccc1C(=O)COC(=O)c1ccccc1SC1CC(=O)N(C)C1=O. The lowest BCUT2D eigenvalue weighted by atomic mass is 10.1. The zero-order chi connectivity index (χ0) is 21.0. The van der Waals surface area contributed by atoms with Gasteiger partial charge >= 0.3 is 5.97 Å². The predicted molar refractivity (Wildman–Crippen MR) is 106 cm³/mol. The fourth-order valence-corrected chi connectivity index (χ4v) is 4.09. The lowest BCUT2D eigenvalue weighted by molar-refractivity contribution is -0.136. The number of thioether (sulfide) groups is 1. The first kappa shape index (κ1) is 20.6. The Hall–Kier alpha value is -3.13. The smallest absolute Gasteiger partial charge is 0.339 e. The summed E-state index contributed by atoms with van der Waals surface area (Å²) in [6, 6.07) is 13.3. The van der Waals surface area contributed by atoms with Gasteiger partial charge in [0.15, 0.2) is 6.61 Å². The molecule has 150 valence electrons. The second-order valence-electron chi connectivity index (χ2n) is 6.30. The van der Waals surface area contributed by atoms with Crippen LogP contribution in [0.4, 0.5) is 0 Å². The summed E-state index contributed by atoms with van der Waals surface area (Å²) in [5, 5.41) is -0.586. The molecule has 8 heteroatoms. The van der Waals surface area contributed by atoms with E-state index in [-0.39, 0.29) is 29.6 Å². The van der Waals surface area contributed by atoms with Gasteiger partial charge in [0.25, 0.3) is 0 Å². The highest BCUT2D eigenvalue weighted by atomic mass is 32.2. The van der Waals surface area contributed by atoms with Gasteiger partial charge in [0.05, 0.1) is 23.5 Å². The summed E-state index contributed by atoms with van der Waals surface area (Å²) in [6.45, 7) is -0.443. The van der Waals surface area contributed by atoms with E-state index in [0.717, 1.165) is 16.7 Å². The molecule has 1 atom stereocenters. The van der Waals surface area contributed by atoms with Gasteiger partial charge < -0.3 is 9.47 Å². The summed E-state index contributed by atoms with van der Waals surface area (Å²) in [6.07, 6.45) is 0.0790. The summed E-state index contributed by atoms with van der Waals surface area (Å²) in [5.41, 5.74) is 0.559. The minimum absolute atomic E-state index is 0.0790. The number of benzene rings is 2. The van der Waals surface area contributed by atoms with Gasteiger partial charge in [-0.3, -0.25) is 19.3 Å². The summed E-state index contributed by atoms with van der Waals surface area (Å²) < 4.78 is 10.3. The number of ether oxygens (including phenoxy) is 2. The number of ketones is 1.